The first-order valence-corrected chi connectivity index (χ1v) is 16.5. The number of benzene rings is 6. The van der Waals surface area contributed by atoms with Crippen molar-refractivity contribution in [1.82, 2.24) is 4.57 Å². The molecule has 0 saturated carbocycles. The molecule has 0 N–H and O–H groups in total. The molecule has 50 heavy (non-hydrogen) atoms. The van der Waals surface area contributed by atoms with E-state index in [1.807, 2.05) is 66.7 Å². The van der Waals surface area contributed by atoms with Gasteiger partial charge in [0.15, 0.2) is 0 Å². The van der Waals surface area contributed by atoms with Gasteiger partial charge in [-0.3, -0.25) is 0 Å². The second-order valence-corrected chi connectivity index (χ2v) is 12.6. The van der Waals surface area contributed by atoms with Crippen LogP contribution in [0, 0.1) is 34.0 Å². The van der Waals surface area contributed by atoms with Gasteiger partial charge in [-0.25, -0.2) is 0 Å². The van der Waals surface area contributed by atoms with Crippen molar-refractivity contribution in [2.45, 2.75) is 12.0 Å². The topological polar surface area (TPSA) is 79.5 Å². The summed E-state index contributed by atoms with van der Waals surface area (Å²) in [5, 5.41) is 32.7. The second kappa shape index (κ2) is 11.5. The third-order valence-electron chi connectivity index (χ3n) is 10.0. The highest BCUT2D eigenvalue weighted by Crippen LogP contribution is 2.50. The molecule has 9 rings (SSSR count). The molecule has 2 unspecified atom stereocenters. The van der Waals surface area contributed by atoms with Crippen LogP contribution in [0.2, 0.25) is 0 Å². The minimum atomic E-state index is 0.0107. The molecule has 0 bridgehead atoms. The lowest BCUT2D eigenvalue weighted by molar-refractivity contribution is 0.742. The van der Waals surface area contributed by atoms with E-state index in [1.165, 1.54) is 5.56 Å². The number of hydrogen-bond acceptors (Lipinski definition) is 4. The smallest absolute Gasteiger partial charge is 0.0998 e. The number of rotatable bonds is 4. The van der Waals surface area contributed by atoms with Gasteiger partial charge in [-0.15, -0.1) is 0 Å². The van der Waals surface area contributed by atoms with Crippen LogP contribution < -0.4 is 4.90 Å². The Kier molecular flexibility index (Phi) is 6.70. The number of allylic oxidation sites excluding steroid dienone is 2. The van der Waals surface area contributed by atoms with Gasteiger partial charge in [0.25, 0.3) is 0 Å². The number of nitrogens with zero attached hydrogens (tertiary/aromatic N) is 5. The minimum Gasteiger partial charge on any atom is -0.333 e. The van der Waals surface area contributed by atoms with Crippen LogP contribution in [0.1, 0.15) is 22.6 Å². The number of aromatic nitrogens is 1. The standard InChI is InChI=1S/C45H27N5/c46-26-29-17-22-45-40(23-29)37-12-4-8-16-44(37)50(45)41-13-5-1-9-34(41)30-18-19-31(27-47)38(24-30)39-25-33(21-20-32(39)28-48)49-42-14-6-2-10-35(42)36-11-3-7-15-43(36)49/h1-25,40,45H. The first kappa shape index (κ1) is 29.0. The van der Waals surface area contributed by atoms with Crippen LogP contribution in [0.25, 0.3) is 49.7 Å². The molecule has 2 aliphatic rings. The van der Waals surface area contributed by atoms with Gasteiger partial charge in [0.2, 0.25) is 0 Å². The van der Waals surface area contributed by atoms with Crippen molar-refractivity contribution in [2.75, 3.05) is 4.90 Å². The lowest BCUT2D eigenvalue weighted by Crippen LogP contribution is -2.29. The van der Waals surface area contributed by atoms with Gasteiger partial charge in [0.05, 0.1) is 46.4 Å². The van der Waals surface area contributed by atoms with E-state index < -0.39 is 0 Å². The Morgan fingerprint density at radius 2 is 1.16 bits per heavy atom. The molecule has 1 aliphatic carbocycles. The molecule has 7 aromatic rings. The van der Waals surface area contributed by atoms with Crippen molar-refractivity contribution in [1.29, 1.82) is 15.8 Å². The van der Waals surface area contributed by atoms with Crippen LogP contribution in [-0.2, 0) is 0 Å². The monoisotopic (exact) mass is 637 g/mol. The molecule has 0 spiro atoms. The van der Waals surface area contributed by atoms with E-state index in [0.717, 1.165) is 50.0 Å². The Hall–Kier alpha value is -7.13. The number of hydrogen-bond donors (Lipinski definition) is 0. The molecular formula is C45H27N5. The maximum absolute atomic E-state index is 10.4. The van der Waals surface area contributed by atoms with Gasteiger partial charge in [-0.05, 0) is 71.8 Å². The van der Waals surface area contributed by atoms with Gasteiger partial charge in [-0.1, -0.05) is 91.0 Å². The van der Waals surface area contributed by atoms with Crippen LogP contribution in [0.4, 0.5) is 11.4 Å². The highest BCUT2D eigenvalue weighted by Gasteiger charge is 2.39. The van der Waals surface area contributed by atoms with Gasteiger partial charge in [-0.2, -0.15) is 15.8 Å². The molecule has 0 radical (unpaired) electrons. The van der Waals surface area contributed by atoms with E-state index in [9.17, 15) is 15.8 Å². The fourth-order valence-electron chi connectivity index (χ4n) is 7.86. The summed E-state index contributed by atoms with van der Waals surface area (Å²) in [5.74, 6) is 0.0530. The molecular weight excluding hydrogens is 611 g/mol. The maximum atomic E-state index is 10.4. The SMILES string of the molecule is N#CC1=CC2c3ccccc3N(c3ccccc3-c3ccc(C#N)c(-c4cc(-n5c6ccccc6c6ccccc65)ccc4C#N)c3)C2C=C1. The lowest BCUT2D eigenvalue weighted by atomic mass is 9.88. The summed E-state index contributed by atoms with van der Waals surface area (Å²) in [4.78, 5) is 2.36. The normalized spacial score (nSPS) is 15.9. The zero-order valence-corrected chi connectivity index (χ0v) is 26.8. The quantitative estimate of drug-likeness (QED) is 0.192. The van der Waals surface area contributed by atoms with E-state index in [-0.39, 0.29) is 12.0 Å². The highest BCUT2D eigenvalue weighted by atomic mass is 15.2. The average molecular weight is 638 g/mol. The average Bonchev–Trinajstić information content (AvgIpc) is 3.70. The van der Waals surface area contributed by atoms with Crippen LogP contribution in [-0.4, -0.2) is 10.6 Å². The van der Waals surface area contributed by atoms with Crippen LogP contribution in [0.5, 0.6) is 0 Å². The summed E-state index contributed by atoms with van der Waals surface area (Å²) in [6.45, 7) is 0. The number of anilines is 2. The van der Waals surface area contributed by atoms with Crippen molar-refractivity contribution in [2.24, 2.45) is 0 Å². The molecule has 0 saturated heterocycles. The molecule has 1 aliphatic heterocycles. The Morgan fingerprint density at radius 3 is 1.88 bits per heavy atom. The summed E-state index contributed by atoms with van der Waals surface area (Å²) in [7, 11) is 0. The Balaban J connectivity index is 1.22. The Labute approximate surface area is 289 Å². The predicted octanol–water partition coefficient (Wildman–Crippen LogP) is 10.5. The molecule has 2 heterocycles. The number of nitriles is 3. The van der Waals surface area contributed by atoms with Crippen LogP contribution >= 0.6 is 0 Å². The van der Waals surface area contributed by atoms with Crippen LogP contribution in [0.15, 0.2) is 157 Å². The van der Waals surface area contributed by atoms with E-state index in [4.69, 9.17) is 0 Å². The third-order valence-corrected chi connectivity index (χ3v) is 10.0. The zero-order chi connectivity index (χ0) is 33.8. The molecule has 5 heteroatoms. The molecule has 232 valence electrons. The Bertz CT molecular complexity index is 2670. The summed E-state index contributed by atoms with van der Waals surface area (Å²) in [5.41, 5.74) is 11.4. The summed E-state index contributed by atoms with van der Waals surface area (Å²) in [6, 6.07) is 52.3. The van der Waals surface area contributed by atoms with Crippen molar-refractivity contribution in [3.8, 4) is 46.1 Å². The van der Waals surface area contributed by atoms with Gasteiger partial charge < -0.3 is 9.47 Å². The van der Waals surface area contributed by atoms with Crippen LogP contribution in [0.3, 0.4) is 0 Å². The largest absolute Gasteiger partial charge is 0.333 e. The number of fused-ring (bicyclic) bond motifs is 6. The first-order chi connectivity index (χ1) is 24.7. The minimum absolute atomic E-state index is 0.0107. The first-order valence-electron chi connectivity index (χ1n) is 16.5. The molecule has 1 aromatic heterocycles. The second-order valence-electron chi connectivity index (χ2n) is 12.6. The summed E-state index contributed by atoms with van der Waals surface area (Å²) in [6.07, 6.45) is 6.11. The molecule has 6 aromatic carbocycles. The van der Waals surface area contributed by atoms with Gasteiger partial charge >= 0.3 is 0 Å². The number of para-hydroxylation sites is 4. The van der Waals surface area contributed by atoms with E-state index in [0.29, 0.717) is 27.8 Å². The van der Waals surface area contributed by atoms with Gasteiger partial charge in [0.1, 0.15) is 0 Å². The Morgan fingerprint density at radius 1 is 0.540 bits per heavy atom. The van der Waals surface area contributed by atoms with Crippen molar-refractivity contribution < 1.29 is 0 Å². The van der Waals surface area contributed by atoms with E-state index >= 15 is 0 Å². The zero-order valence-electron chi connectivity index (χ0n) is 26.8. The highest BCUT2D eigenvalue weighted by molar-refractivity contribution is 6.09. The van der Waals surface area contributed by atoms with E-state index in [2.05, 4.69) is 113 Å². The fraction of sp³-hybridized carbons (Fsp3) is 0.0444. The molecule has 0 amide bonds. The van der Waals surface area contributed by atoms with E-state index in [1.54, 1.807) is 0 Å². The summed E-state index contributed by atoms with van der Waals surface area (Å²) >= 11 is 0. The van der Waals surface area contributed by atoms with Gasteiger partial charge in [0, 0.05) is 56.0 Å². The fourth-order valence-corrected chi connectivity index (χ4v) is 7.86. The summed E-state index contributed by atoms with van der Waals surface area (Å²) < 4.78 is 2.23. The third kappa shape index (κ3) is 4.37. The van der Waals surface area contributed by atoms with Crippen molar-refractivity contribution >= 4 is 33.2 Å². The molecule has 5 nitrogen and oxygen atoms in total. The predicted molar refractivity (Wildman–Crippen MR) is 199 cm³/mol. The maximum Gasteiger partial charge on any atom is 0.0998 e. The molecule has 2 atom stereocenters. The lowest BCUT2D eigenvalue weighted by Gasteiger charge is -2.31. The van der Waals surface area contributed by atoms with Crippen molar-refractivity contribution in [3.63, 3.8) is 0 Å². The molecule has 0 fully saturated rings. The van der Waals surface area contributed by atoms with Crippen molar-refractivity contribution in [3.05, 3.63) is 174 Å².